The van der Waals surface area contributed by atoms with E-state index in [2.05, 4.69) is 32.9 Å². The number of hydrogen-bond donors (Lipinski definition) is 0. The van der Waals surface area contributed by atoms with Crippen molar-refractivity contribution in [2.24, 2.45) is 0 Å². The zero-order chi connectivity index (χ0) is 18.5. The number of rotatable bonds is 5. The normalized spacial score (nSPS) is 26.3. The SMILES string of the molecule is COc1ccccc1N1CCN(C2CCN(CC3CCCCO3)CC2)CC1. The minimum Gasteiger partial charge on any atom is -0.495 e. The second-order valence-corrected chi connectivity index (χ2v) is 8.22. The number of ether oxygens (including phenoxy) is 2. The predicted molar refractivity (Wildman–Crippen MR) is 110 cm³/mol. The first-order valence-corrected chi connectivity index (χ1v) is 10.8. The largest absolute Gasteiger partial charge is 0.495 e. The van der Waals surface area contributed by atoms with Crippen molar-refractivity contribution in [3.63, 3.8) is 0 Å². The van der Waals surface area contributed by atoms with E-state index in [0.717, 1.165) is 51.1 Å². The number of methoxy groups -OCH3 is 1. The maximum absolute atomic E-state index is 5.93. The van der Waals surface area contributed by atoms with Gasteiger partial charge in [0.2, 0.25) is 0 Å². The fourth-order valence-electron chi connectivity index (χ4n) is 4.93. The first-order chi connectivity index (χ1) is 13.3. The highest BCUT2D eigenvalue weighted by Crippen LogP contribution is 2.29. The lowest BCUT2D eigenvalue weighted by Crippen LogP contribution is -2.53. The lowest BCUT2D eigenvalue weighted by atomic mass is 10.0. The third-order valence-electron chi connectivity index (χ3n) is 6.55. The van der Waals surface area contributed by atoms with Crippen LogP contribution in [0.25, 0.3) is 0 Å². The van der Waals surface area contributed by atoms with Crippen molar-refractivity contribution < 1.29 is 9.47 Å². The molecule has 0 radical (unpaired) electrons. The summed E-state index contributed by atoms with van der Waals surface area (Å²) in [6.45, 7) is 9.09. The number of para-hydroxylation sites is 2. The van der Waals surface area contributed by atoms with E-state index in [4.69, 9.17) is 9.47 Å². The molecule has 4 rings (SSSR count). The number of piperazine rings is 1. The van der Waals surface area contributed by atoms with Gasteiger partial charge in [-0.05, 0) is 57.3 Å². The minimum absolute atomic E-state index is 0.486. The van der Waals surface area contributed by atoms with Gasteiger partial charge < -0.3 is 19.3 Å². The van der Waals surface area contributed by atoms with Crippen molar-refractivity contribution in [2.75, 3.05) is 64.4 Å². The molecule has 3 aliphatic rings. The average molecular weight is 374 g/mol. The summed E-state index contributed by atoms with van der Waals surface area (Å²) in [7, 11) is 1.77. The Morgan fingerprint density at radius 2 is 1.74 bits per heavy atom. The summed E-state index contributed by atoms with van der Waals surface area (Å²) < 4.78 is 11.5. The topological polar surface area (TPSA) is 28.2 Å². The van der Waals surface area contributed by atoms with Crippen LogP contribution in [0.1, 0.15) is 32.1 Å². The minimum atomic E-state index is 0.486. The molecule has 3 fully saturated rings. The van der Waals surface area contributed by atoms with Gasteiger partial charge in [0.1, 0.15) is 5.75 Å². The van der Waals surface area contributed by atoms with Gasteiger partial charge in [-0.25, -0.2) is 0 Å². The van der Waals surface area contributed by atoms with Gasteiger partial charge in [-0.1, -0.05) is 12.1 Å². The fraction of sp³-hybridized carbons (Fsp3) is 0.727. The van der Waals surface area contributed by atoms with Crippen LogP contribution in [0, 0.1) is 0 Å². The molecule has 27 heavy (non-hydrogen) atoms. The first kappa shape index (κ1) is 19.0. The summed E-state index contributed by atoms with van der Waals surface area (Å²) in [5, 5.41) is 0. The summed E-state index contributed by atoms with van der Waals surface area (Å²) in [4.78, 5) is 7.84. The van der Waals surface area contributed by atoms with Gasteiger partial charge in [0, 0.05) is 45.4 Å². The zero-order valence-corrected chi connectivity index (χ0v) is 16.8. The van der Waals surface area contributed by atoms with Crippen molar-refractivity contribution >= 4 is 5.69 Å². The molecule has 150 valence electrons. The smallest absolute Gasteiger partial charge is 0.142 e. The van der Waals surface area contributed by atoms with Gasteiger partial charge in [0.25, 0.3) is 0 Å². The Balaban J connectivity index is 1.22. The van der Waals surface area contributed by atoms with E-state index in [1.165, 1.54) is 50.9 Å². The van der Waals surface area contributed by atoms with Crippen LogP contribution < -0.4 is 9.64 Å². The molecule has 0 bridgehead atoms. The summed E-state index contributed by atoms with van der Waals surface area (Å²) >= 11 is 0. The monoisotopic (exact) mass is 373 g/mol. The van der Waals surface area contributed by atoms with Crippen LogP contribution in [0.15, 0.2) is 24.3 Å². The van der Waals surface area contributed by atoms with Crippen LogP contribution in [-0.4, -0.2) is 81.5 Å². The van der Waals surface area contributed by atoms with E-state index in [1.807, 2.05) is 6.07 Å². The number of likely N-dealkylation sites (tertiary alicyclic amines) is 1. The van der Waals surface area contributed by atoms with Gasteiger partial charge in [-0.15, -0.1) is 0 Å². The zero-order valence-electron chi connectivity index (χ0n) is 16.8. The Labute approximate surface area is 164 Å². The fourth-order valence-corrected chi connectivity index (χ4v) is 4.93. The number of hydrogen-bond acceptors (Lipinski definition) is 5. The van der Waals surface area contributed by atoms with Crippen molar-refractivity contribution in [3.05, 3.63) is 24.3 Å². The van der Waals surface area contributed by atoms with Crippen molar-refractivity contribution in [2.45, 2.75) is 44.2 Å². The van der Waals surface area contributed by atoms with E-state index >= 15 is 0 Å². The highest BCUT2D eigenvalue weighted by atomic mass is 16.5. The molecule has 1 atom stereocenters. The van der Waals surface area contributed by atoms with Gasteiger partial charge in [0.15, 0.2) is 0 Å². The summed E-state index contributed by atoms with van der Waals surface area (Å²) in [5.74, 6) is 0.990. The highest BCUT2D eigenvalue weighted by Gasteiger charge is 2.29. The molecule has 1 unspecified atom stereocenters. The second-order valence-electron chi connectivity index (χ2n) is 8.22. The van der Waals surface area contributed by atoms with E-state index in [9.17, 15) is 0 Å². The van der Waals surface area contributed by atoms with E-state index in [0.29, 0.717) is 6.10 Å². The van der Waals surface area contributed by atoms with Crippen LogP contribution in [0.5, 0.6) is 5.75 Å². The molecule has 0 aliphatic carbocycles. The Bertz CT molecular complexity index is 575. The molecule has 0 spiro atoms. The molecule has 3 heterocycles. The lowest BCUT2D eigenvalue weighted by Gasteiger charge is -2.44. The number of nitrogens with zero attached hydrogens (tertiary/aromatic N) is 3. The Morgan fingerprint density at radius 3 is 2.44 bits per heavy atom. The summed E-state index contributed by atoms with van der Waals surface area (Å²) in [6.07, 6.45) is 6.95. The van der Waals surface area contributed by atoms with Crippen molar-refractivity contribution in [3.8, 4) is 5.75 Å². The molecule has 1 aromatic rings. The van der Waals surface area contributed by atoms with Crippen LogP contribution >= 0.6 is 0 Å². The summed E-state index contributed by atoms with van der Waals surface area (Å²) in [6, 6.07) is 9.16. The lowest BCUT2D eigenvalue weighted by molar-refractivity contribution is -0.0141. The molecule has 0 aromatic heterocycles. The van der Waals surface area contributed by atoms with Gasteiger partial charge in [0.05, 0.1) is 18.9 Å². The molecular formula is C22H35N3O2. The van der Waals surface area contributed by atoms with Gasteiger partial charge >= 0.3 is 0 Å². The molecular weight excluding hydrogens is 338 g/mol. The van der Waals surface area contributed by atoms with Gasteiger partial charge in [-0.2, -0.15) is 0 Å². The first-order valence-electron chi connectivity index (χ1n) is 10.8. The van der Waals surface area contributed by atoms with Crippen LogP contribution in [-0.2, 0) is 4.74 Å². The molecule has 0 amide bonds. The highest BCUT2D eigenvalue weighted by molar-refractivity contribution is 5.58. The molecule has 3 saturated heterocycles. The van der Waals surface area contributed by atoms with Gasteiger partial charge in [-0.3, -0.25) is 4.90 Å². The molecule has 1 aromatic carbocycles. The molecule has 3 aliphatic heterocycles. The Kier molecular flexibility index (Phi) is 6.53. The van der Waals surface area contributed by atoms with Crippen LogP contribution in [0.4, 0.5) is 5.69 Å². The van der Waals surface area contributed by atoms with Crippen molar-refractivity contribution in [1.82, 2.24) is 9.80 Å². The Morgan fingerprint density at radius 1 is 0.963 bits per heavy atom. The molecule has 0 saturated carbocycles. The Hall–Kier alpha value is -1.30. The molecule has 5 heteroatoms. The quantitative estimate of drug-likeness (QED) is 0.791. The van der Waals surface area contributed by atoms with E-state index in [1.54, 1.807) is 7.11 Å². The van der Waals surface area contributed by atoms with E-state index < -0.39 is 0 Å². The molecule has 0 N–H and O–H groups in total. The third-order valence-corrected chi connectivity index (χ3v) is 6.55. The van der Waals surface area contributed by atoms with E-state index in [-0.39, 0.29) is 0 Å². The number of anilines is 1. The van der Waals surface area contributed by atoms with Crippen LogP contribution in [0.2, 0.25) is 0 Å². The number of benzene rings is 1. The standard InChI is InChI=1S/C22H35N3O2/c1-26-22-8-3-2-7-21(22)25-15-13-24(14-16-25)19-9-11-23(12-10-19)18-20-6-4-5-17-27-20/h2-3,7-8,19-20H,4-6,9-18H2,1H3. The number of piperidine rings is 1. The summed E-state index contributed by atoms with van der Waals surface area (Å²) in [5.41, 5.74) is 1.24. The third kappa shape index (κ3) is 4.76. The van der Waals surface area contributed by atoms with Crippen LogP contribution in [0.3, 0.4) is 0 Å². The molecule has 5 nitrogen and oxygen atoms in total. The second kappa shape index (κ2) is 9.26. The predicted octanol–water partition coefficient (Wildman–Crippen LogP) is 2.85. The maximum atomic E-state index is 5.93. The maximum Gasteiger partial charge on any atom is 0.142 e. The van der Waals surface area contributed by atoms with Crippen molar-refractivity contribution in [1.29, 1.82) is 0 Å². The average Bonchev–Trinajstić information content (AvgIpc) is 2.75.